The minimum atomic E-state index is -0.211. The van der Waals surface area contributed by atoms with Crippen LogP contribution in [0.1, 0.15) is 25.3 Å². The summed E-state index contributed by atoms with van der Waals surface area (Å²) in [6, 6.07) is 11.2. The number of nitrogens with two attached hydrogens (primary N) is 1. The second-order valence-electron chi connectivity index (χ2n) is 2.69. The number of nitriles is 1. The van der Waals surface area contributed by atoms with Crippen molar-refractivity contribution in [3.8, 4) is 6.07 Å². The van der Waals surface area contributed by atoms with Gasteiger partial charge in [0, 0.05) is 6.42 Å². The van der Waals surface area contributed by atoms with Gasteiger partial charge in [-0.1, -0.05) is 25.1 Å². The molecule has 0 fully saturated rings. The topological polar surface area (TPSA) is 66.9 Å². The lowest BCUT2D eigenvalue weighted by Gasteiger charge is -1.81. The maximum atomic E-state index is 9.82. The first-order chi connectivity index (χ1) is 6.70. The lowest BCUT2D eigenvalue weighted by Crippen LogP contribution is -2.08. The Balaban J connectivity index is 0.000000255. The number of hydrogen-bond donors (Lipinski definition) is 1. The van der Waals surface area contributed by atoms with Crippen LogP contribution in [0.3, 0.4) is 0 Å². The quantitative estimate of drug-likeness (QED) is 0.773. The largest absolute Gasteiger partial charge is 0.370 e. The van der Waals surface area contributed by atoms with Gasteiger partial charge >= 0.3 is 0 Å². The monoisotopic (exact) mass is 190 g/mol. The second kappa shape index (κ2) is 7.81. The number of nitrogens with zero attached hydrogens (tertiary/aromatic N) is 1. The van der Waals surface area contributed by atoms with E-state index in [2.05, 4.69) is 0 Å². The van der Waals surface area contributed by atoms with Crippen molar-refractivity contribution in [1.82, 2.24) is 0 Å². The molecule has 0 heterocycles. The second-order valence-corrected chi connectivity index (χ2v) is 2.69. The van der Waals surface area contributed by atoms with Gasteiger partial charge in [0.05, 0.1) is 11.6 Å². The summed E-state index contributed by atoms with van der Waals surface area (Å²) in [5.74, 6) is -0.211. The van der Waals surface area contributed by atoms with Gasteiger partial charge in [0.15, 0.2) is 0 Å². The molecule has 0 spiro atoms. The van der Waals surface area contributed by atoms with Crippen molar-refractivity contribution in [3.63, 3.8) is 0 Å². The molecule has 0 atom stereocenters. The van der Waals surface area contributed by atoms with Crippen LogP contribution < -0.4 is 5.73 Å². The van der Waals surface area contributed by atoms with Crippen LogP contribution in [0.5, 0.6) is 0 Å². The minimum absolute atomic E-state index is 0.211. The highest BCUT2D eigenvalue weighted by atomic mass is 16.1. The van der Waals surface area contributed by atoms with Crippen molar-refractivity contribution >= 4 is 5.91 Å². The van der Waals surface area contributed by atoms with Gasteiger partial charge in [-0.15, -0.1) is 0 Å². The summed E-state index contributed by atoms with van der Waals surface area (Å²) < 4.78 is 0. The summed E-state index contributed by atoms with van der Waals surface area (Å²) in [5, 5.41) is 8.29. The Morgan fingerprint density at radius 3 is 2.21 bits per heavy atom. The van der Waals surface area contributed by atoms with Gasteiger partial charge in [-0.05, 0) is 18.6 Å². The Hall–Kier alpha value is -1.82. The van der Waals surface area contributed by atoms with Crippen LogP contribution in [0.15, 0.2) is 30.3 Å². The van der Waals surface area contributed by atoms with Crippen molar-refractivity contribution in [2.45, 2.75) is 19.8 Å². The SMILES string of the molecule is CCCC(N)=O.N#Cc1ccccc1. The highest BCUT2D eigenvalue weighted by Gasteiger charge is 1.84. The zero-order valence-corrected chi connectivity index (χ0v) is 8.23. The summed E-state index contributed by atoms with van der Waals surface area (Å²) in [7, 11) is 0. The van der Waals surface area contributed by atoms with E-state index in [0.717, 1.165) is 6.42 Å². The molecule has 0 radical (unpaired) electrons. The van der Waals surface area contributed by atoms with E-state index in [1.807, 2.05) is 31.2 Å². The summed E-state index contributed by atoms with van der Waals surface area (Å²) in [5.41, 5.74) is 5.48. The normalized spacial score (nSPS) is 8.00. The molecule has 0 bridgehead atoms. The van der Waals surface area contributed by atoms with E-state index < -0.39 is 0 Å². The highest BCUT2D eigenvalue weighted by Crippen LogP contribution is 1.93. The van der Waals surface area contributed by atoms with E-state index in [9.17, 15) is 4.79 Å². The molecular weight excluding hydrogens is 176 g/mol. The van der Waals surface area contributed by atoms with Gasteiger partial charge in [0.2, 0.25) is 5.91 Å². The fourth-order valence-corrected chi connectivity index (χ4v) is 0.759. The van der Waals surface area contributed by atoms with Crippen molar-refractivity contribution in [1.29, 1.82) is 5.26 Å². The third kappa shape index (κ3) is 6.86. The molecule has 3 heteroatoms. The Labute approximate surface area is 84.2 Å². The summed E-state index contributed by atoms with van der Waals surface area (Å²) in [4.78, 5) is 9.82. The van der Waals surface area contributed by atoms with Crippen molar-refractivity contribution < 1.29 is 4.79 Å². The standard InChI is InChI=1S/C7H5N.C4H9NO/c8-6-7-4-2-1-3-5-7;1-2-3-4(5)6/h1-5H;2-3H2,1H3,(H2,5,6). The number of carbonyl (C=O) groups excluding carboxylic acids is 1. The van der Waals surface area contributed by atoms with Gasteiger partial charge in [0.1, 0.15) is 0 Å². The summed E-state index contributed by atoms with van der Waals surface area (Å²) in [6.45, 7) is 1.92. The highest BCUT2D eigenvalue weighted by molar-refractivity contribution is 5.73. The lowest BCUT2D eigenvalue weighted by molar-refractivity contribution is -0.118. The van der Waals surface area contributed by atoms with E-state index in [4.69, 9.17) is 11.0 Å². The molecule has 0 saturated carbocycles. The lowest BCUT2D eigenvalue weighted by atomic mass is 10.2. The van der Waals surface area contributed by atoms with E-state index in [1.54, 1.807) is 12.1 Å². The van der Waals surface area contributed by atoms with E-state index in [1.165, 1.54) is 0 Å². The Kier molecular flexibility index (Phi) is 6.79. The molecule has 0 unspecified atom stereocenters. The third-order valence-corrected chi connectivity index (χ3v) is 1.40. The Morgan fingerprint density at radius 2 is 2.00 bits per heavy atom. The van der Waals surface area contributed by atoms with Crippen LogP contribution in [0.25, 0.3) is 0 Å². The molecule has 0 saturated heterocycles. The van der Waals surface area contributed by atoms with E-state index >= 15 is 0 Å². The zero-order chi connectivity index (χ0) is 10.8. The Morgan fingerprint density at radius 1 is 1.43 bits per heavy atom. The summed E-state index contributed by atoms with van der Waals surface area (Å²) >= 11 is 0. The van der Waals surface area contributed by atoms with Crippen LogP contribution >= 0.6 is 0 Å². The van der Waals surface area contributed by atoms with Gasteiger partial charge in [-0.3, -0.25) is 4.79 Å². The average molecular weight is 190 g/mol. The predicted molar refractivity (Wildman–Crippen MR) is 55.3 cm³/mol. The van der Waals surface area contributed by atoms with E-state index in [0.29, 0.717) is 12.0 Å². The molecule has 2 N–H and O–H groups in total. The molecule has 0 aliphatic heterocycles. The van der Waals surface area contributed by atoms with Gasteiger partial charge < -0.3 is 5.73 Å². The Bertz CT molecular complexity index is 301. The number of primary amides is 1. The average Bonchev–Trinajstić information content (AvgIpc) is 2.20. The fourth-order valence-electron chi connectivity index (χ4n) is 0.759. The van der Waals surface area contributed by atoms with Crippen LogP contribution in [0.2, 0.25) is 0 Å². The number of carbonyl (C=O) groups is 1. The van der Waals surface area contributed by atoms with Crippen molar-refractivity contribution in [2.24, 2.45) is 5.73 Å². The molecule has 14 heavy (non-hydrogen) atoms. The van der Waals surface area contributed by atoms with Crippen molar-refractivity contribution in [3.05, 3.63) is 35.9 Å². The zero-order valence-electron chi connectivity index (χ0n) is 8.23. The van der Waals surface area contributed by atoms with Gasteiger partial charge in [-0.2, -0.15) is 5.26 Å². The molecule has 3 nitrogen and oxygen atoms in total. The van der Waals surface area contributed by atoms with E-state index in [-0.39, 0.29) is 5.91 Å². The molecule has 0 aliphatic rings. The number of amides is 1. The van der Waals surface area contributed by atoms with Crippen molar-refractivity contribution in [2.75, 3.05) is 0 Å². The number of hydrogen-bond acceptors (Lipinski definition) is 2. The first-order valence-electron chi connectivity index (χ1n) is 4.44. The molecule has 0 aromatic heterocycles. The predicted octanol–water partition coefficient (Wildman–Crippen LogP) is 1.83. The molecule has 1 rings (SSSR count). The smallest absolute Gasteiger partial charge is 0.217 e. The minimum Gasteiger partial charge on any atom is -0.370 e. The molecule has 1 aromatic carbocycles. The van der Waals surface area contributed by atoms with Crippen LogP contribution in [-0.4, -0.2) is 5.91 Å². The molecule has 1 aromatic rings. The molecule has 0 aliphatic carbocycles. The number of benzene rings is 1. The first kappa shape index (κ1) is 12.2. The summed E-state index contributed by atoms with van der Waals surface area (Å²) in [6.07, 6.45) is 1.37. The maximum Gasteiger partial charge on any atom is 0.217 e. The van der Waals surface area contributed by atoms with Crippen LogP contribution in [0.4, 0.5) is 0 Å². The third-order valence-electron chi connectivity index (χ3n) is 1.40. The van der Waals surface area contributed by atoms with Crippen LogP contribution in [-0.2, 0) is 4.79 Å². The van der Waals surface area contributed by atoms with Gasteiger partial charge in [0.25, 0.3) is 0 Å². The molecular formula is C11H14N2O. The first-order valence-corrected chi connectivity index (χ1v) is 4.44. The molecule has 1 amide bonds. The maximum absolute atomic E-state index is 9.82. The van der Waals surface area contributed by atoms with Crippen LogP contribution in [0, 0.1) is 11.3 Å². The number of rotatable bonds is 2. The molecule has 74 valence electrons. The fraction of sp³-hybridized carbons (Fsp3) is 0.273. The van der Waals surface area contributed by atoms with Gasteiger partial charge in [-0.25, -0.2) is 0 Å².